The number of anilines is 2. The third-order valence-corrected chi connectivity index (χ3v) is 6.15. The third kappa shape index (κ3) is 4.95. The summed E-state index contributed by atoms with van der Waals surface area (Å²) in [6.07, 6.45) is 2.65. The summed E-state index contributed by atoms with van der Waals surface area (Å²) in [5, 5.41) is 12.1. The average molecular weight is 499 g/mol. The minimum absolute atomic E-state index is 0.0564. The van der Waals surface area contributed by atoms with Crippen LogP contribution in [0.5, 0.6) is 0 Å². The summed E-state index contributed by atoms with van der Waals surface area (Å²) in [4.78, 5) is 22.7. The van der Waals surface area contributed by atoms with Gasteiger partial charge in [-0.15, -0.1) is 0 Å². The van der Waals surface area contributed by atoms with Crippen LogP contribution in [0.25, 0.3) is 22.2 Å². The van der Waals surface area contributed by atoms with Crippen molar-refractivity contribution in [3.05, 3.63) is 70.5 Å². The molecule has 0 fully saturated rings. The maximum atomic E-state index is 13.4. The molecule has 0 bridgehead atoms. The largest absolute Gasteiger partial charge is 0.398 e. The van der Waals surface area contributed by atoms with Gasteiger partial charge in [0.1, 0.15) is 5.69 Å². The number of nitrogens with two attached hydrogens (primary N) is 2. The zero-order valence-corrected chi connectivity index (χ0v) is 19.7. The second-order valence-corrected chi connectivity index (χ2v) is 8.79. The van der Waals surface area contributed by atoms with Gasteiger partial charge >= 0.3 is 12.6 Å². The number of aryl methyl sites for hydroxylation is 1. The number of benzene rings is 2. The van der Waals surface area contributed by atoms with Crippen molar-refractivity contribution in [1.29, 1.82) is 0 Å². The van der Waals surface area contributed by atoms with Gasteiger partial charge in [0.25, 0.3) is 5.69 Å². The van der Waals surface area contributed by atoms with E-state index in [1.165, 1.54) is 12.1 Å². The van der Waals surface area contributed by atoms with E-state index in [4.69, 9.17) is 16.2 Å². The molecule has 5 N–H and O–H groups in total. The van der Waals surface area contributed by atoms with Crippen LogP contribution in [-0.4, -0.2) is 46.8 Å². The maximum absolute atomic E-state index is 13.4. The predicted molar refractivity (Wildman–Crippen MR) is 134 cm³/mol. The molecular formula is C24H26F2N7O3+. The molecule has 1 unspecified atom stereocenters. The van der Waals surface area contributed by atoms with E-state index in [0.717, 1.165) is 16.5 Å². The van der Waals surface area contributed by atoms with Crippen LogP contribution < -0.4 is 16.0 Å². The molecule has 0 radical (unpaired) electrons. The smallest absolute Gasteiger partial charge is 0.349 e. The van der Waals surface area contributed by atoms with Gasteiger partial charge in [0.05, 0.1) is 24.7 Å². The molecule has 0 aliphatic carbocycles. The summed E-state index contributed by atoms with van der Waals surface area (Å²) in [6, 6.07) is 12.1. The van der Waals surface area contributed by atoms with Crippen molar-refractivity contribution in [1.82, 2.24) is 19.4 Å². The van der Waals surface area contributed by atoms with Crippen LogP contribution in [0.2, 0.25) is 0 Å². The molecule has 36 heavy (non-hydrogen) atoms. The number of fused-ring (bicyclic) bond motifs is 1. The molecule has 1 atom stereocenters. The number of ether oxygens (including phenoxy) is 1. The van der Waals surface area contributed by atoms with Crippen molar-refractivity contribution < 1.29 is 18.4 Å². The van der Waals surface area contributed by atoms with E-state index in [-0.39, 0.29) is 40.3 Å². The number of para-hydroxylation sites is 1. The number of H-pyrrole nitrogens is 1. The Morgan fingerprint density at radius 1 is 1.17 bits per heavy atom. The van der Waals surface area contributed by atoms with Crippen molar-refractivity contribution in [3.63, 3.8) is 0 Å². The number of aromatic amines is 1. The Labute approximate surface area is 205 Å². The zero-order valence-electron chi connectivity index (χ0n) is 19.7. The molecule has 0 saturated heterocycles. The molecule has 2 aromatic heterocycles. The van der Waals surface area contributed by atoms with Gasteiger partial charge < -0.3 is 16.5 Å². The maximum Gasteiger partial charge on any atom is 0.349 e. The number of halogens is 2. The first kappa shape index (κ1) is 24.9. The molecular weight excluding hydrogens is 472 g/mol. The Hall–Kier alpha value is -4.16. The van der Waals surface area contributed by atoms with Crippen molar-refractivity contribution in [2.24, 2.45) is 0 Å². The van der Waals surface area contributed by atoms with Gasteiger partial charge in [-0.1, -0.05) is 18.2 Å². The number of quaternary nitrogens is 1. The fourth-order valence-corrected chi connectivity index (χ4v) is 4.17. The minimum Gasteiger partial charge on any atom is -0.398 e. The highest BCUT2D eigenvalue weighted by Crippen LogP contribution is 2.32. The summed E-state index contributed by atoms with van der Waals surface area (Å²) < 4.78 is 31.6. The summed E-state index contributed by atoms with van der Waals surface area (Å²) in [7, 11) is 3.35. The molecule has 4 aromatic rings. The summed E-state index contributed by atoms with van der Waals surface area (Å²) >= 11 is 0. The molecule has 188 valence electrons. The van der Waals surface area contributed by atoms with Crippen LogP contribution in [0.3, 0.4) is 0 Å². The monoisotopic (exact) mass is 498 g/mol. The van der Waals surface area contributed by atoms with E-state index in [0.29, 0.717) is 11.3 Å². The van der Waals surface area contributed by atoms with Crippen LogP contribution in [-0.2, 0) is 11.2 Å². The molecule has 2 heterocycles. The van der Waals surface area contributed by atoms with Crippen molar-refractivity contribution in [2.45, 2.75) is 25.7 Å². The van der Waals surface area contributed by atoms with Crippen molar-refractivity contribution in [3.8, 4) is 11.3 Å². The Bertz CT molecular complexity index is 1410. The SMILES string of the molecule is C[N+](C)(c1nccc(-c2c[nH]c3ccccc23)n1)C(CCc1cc(N)c([N+](=O)[O-])cc1N)OC(F)F. The van der Waals surface area contributed by atoms with E-state index in [2.05, 4.69) is 15.0 Å². The van der Waals surface area contributed by atoms with E-state index in [1.807, 2.05) is 30.5 Å². The summed E-state index contributed by atoms with van der Waals surface area (Å²) in [6.45, 7) is -3.04. The lowest BCUT2D eigenvalue weighted by molar-refractivity contribution is -0.383. The Morgan fingerprint density at radius 2 is 1.92 bits per heavy atom. The minimum atomic E-state index is -3.04. The average Bonchev–Trinajstić information content (AvgIpc) is 3.27. The molecule has 0 aliphatic heterocycles. The van der Waals surface area contributed by atoms with Gasteiger partial charge in [-0.25, -0.2) is 4.48 Å². The number of nitro benzene ring substituents is 1. The second-order valence-electron chi connectivity index (χ2n) is 8.79. The second kappa shape index (κ2) is 9.84. The van der Waals surface area contributed by atoms with Gasteiger partial charge in [0.15, 0.2) is 0 Å². The Balaban J connectivity index is 1.63. The summed E-state index contributed by atoms with van der Waals surface area (Å²) in [5.41, 5.74) is 14.5. The normalized spacial score (nSPS) is 12.8. The van der Waals surface area contributed by atoms with Gasteiger partial charge in [-0.2, -0.15) is 18.7 Å². The molecule has 0 spiro atoms. The van der Waals surface area contributed by atoms with Gasteiger partial charge in [-0.05, 0) is 30.2 Å². The quantitative estimate of drug-likeness (QED) is 0.101. The highest BCUT2D eigenvalue weighted by molar-refractivity contribution is 5.94. The number of aromatic nitrogens is 3. The molecule has 12 heteroatoms. The Kier molecular flexibility index (Phi) is 6.82. The van der Waals surface area contributed by atoms with E-state index >= 15 is 0 Å². The fourth-order valence-electron chi connectivity index (χ4n) is 4.17. The highest BCUT2D eigenvalue weighted by atomic mass is 19.3. The lowest BCUT2D eigenvalue weighted by Gasteiger charge is -2.34. The molecule has 0 saturated carbocycles. The standard InChI is InChI=1S/C24H26F2N7O3/c1-33(2,24-29-10-9-20(31-24)16-13-30-19-6-4-3-5-15(16)19)22(36-23(25)26)8-7-14-11-18(28)21(32(34)35)12-17(14)27/h3-6,9-13,22-23,30H,7-8,27-28H2,1-2H3/q+1. The first-order valence-corrected chi connectivity index (χ1v) is 11.1. The number of nitrogens with one attached hydrogen (secondary N) is 1. The van der Waals surface area contributed by atoms with Crippen molar-refractivity contribution in [2.75, 3.05) is 25.6 Å². The number of nitrogens with zero attached hydrogens (tertiary/aromatic N) is 4. The number of hydrogen-bond donors (Lipinski definition) is 3. The van der Waals surface area contributed by atoms with E-state index < -0.39 is 17.8 Å². The Morgan fingerprint density at radius 3 is 2.64 bits per heavy atom. The molecule has 2 aromatic carbocycles. The van der Waals surface area contributed by atoms with Crippen LogP contribution in [0.4, 0.5) is 31.8 Å². The first-order valence-electron chi connectivity index (χ1n) is 11.1. The first-order chi connectivity index (χ1) is 17.1. The molecule has 4 rings (SSSR count). The van der Waals surface area contributed by atoms with Crippen LogP contribution in [0.15, 0.2) is 54.9 Å². The predicted octanol–water partition coefficient (Wildman–Crippen LogP) is 4.46. The highest BCUT2D eigenvalue weighted by Gasteiger charge is 2.37. The summed E-state index contributed by atoms with van der Waals surface area (Å²) in [5.74, 6) is 0.277. The van der Waals surface area contributed by atoms with Gasteiger partial charge in [0, 0.05) is 47.0 Å². The number of rotatable bonds is 9. The fraction of sp³-hybridized carbons (Fsp3) is 0.250. The van der Waals surface area contributed by atoms with Gasteiger partial charge in [0.2, 0.25) is 6.23 Å². The van der Waals surface area contributed by atoms with E-state index in [1.54, 1.807) is 26.4 Å². The number of nitrogen functional groups attached to an aromatic ring is 2. The van der Waals surface area contributed by atoms with E-state index in [9.17, 15) is 18.9 Å². The topological polar surface area (TPSA) is 146 Å². The van der Waals surface area contributed by atoms with Crippen LogP contribution in [0, 0.1) is 10.1 Å². The van der Waals surface area contributed by atoms with Crippen LogP contribution >= 0.6 is 0 Å². The number of alkyl halides is 2. The lowest BCUT2D eigenvalue weighted by atomic mass is 10.0. The number of hydrogen-bond acceptors (Lipinski definition) is 7. The number of nitro groups is 1. The zero-order chi connectivity index (χ0) is 26.0. The third-order valence-electron chi connectivity index (χ3n) is 6.15. The molecule has 10 nitrogen and oxygen atoms in total. The molecule has 0 amide bonds. The van der Waals surface area contributed by atoms with Crippen LogP contribution in [0.1, 0.15) is 12.0 Å². The van der Waals surface area contributed by atoms with Gasteiger partial charge in [-0.3, -0.25) is 14.9 Å². The van der Waals surface area contributed by atoms with Crippen molar-refractivity contribution >= 4 is 33.9 Å². The molecule has 0 aliphatic rings. The lowest BCUT2D eigenvalue weighted by Crippen LogP contribution is -2.53.